The molecule has 1 aliphatic rings. The Bertz CT molecular complexity index is 567. The summed E-state index contributed by atoms with van der Waals surface area (Å²) in [6.45, 7) is 3.19. The second-order valence-corrected chi connectivity index (χ2v) is 6.27. The monoisotopic (exact) mass is 314 g/mol. The number of rotatable bonds is 2. The summed E-state index contributed by atoms with van der Waals surface area (Å²) in [5.74, 6) is -0.678. The van der Waals surface area contributed by atoms with Gasteiger partial charge in [-0.25, -0.2) is 0 Å². The minimum atomic E-state index is -4.43. The molecule has 0 aromatic heterocycles. The van der Waals surface area contributed by atoms with Crippen molar-refractivity contribution in [3.63, 3.8) is 0 Å². The van der Waals surface area contributed by atoms with E-state index in [4.69, 9.17) is 5.73 Å². The van der Waals surface area contributed by atoms with Gasteiger partial charge in [0, 0.05) is 11.2 Å². The first-order valence-electron chi connectivity index (χ1n) is 7.39. The van der Waals surface area contributed by atoms with Gasteiger partial charge in [0.2, 0.25) is 5.91 Å². The van der Waals surface area contributed by atoms with Crippen molar-refractivity contribution in [3.05, 3.63) is 29.3 Å². The van der Waals surface area contributed by atoms with Crippen molar-refractivity contribution in [2.24, 2.45) is 11.7 Å². The van der Waals surface area contributed by atoms with E-state index in [1.165, 1.54) is 19.1 Å². The molecule has 1 aromatic carbocycles. The molecular formula is C16H21F3N2O. The van der Waals surface area contributed by atoms with Crippen molar-refractivity contribution in [3.8, 4) is 0 Å². The van der Waals surface area contributed by atoms with E-state index in [0.717, 1.165) is 25.3 Å². The highest BCUT2D eigenvalue weighted by molar-refractivity contribution is 5.94. The molecule has 0 heterocycles. The molecule has 3 N–H and O–H groups in total. The van der Waals surface area contributed by atoms with Crippen molar-refractivity contribution < 1.29 is 18.0 Å². The number of halogens is 3. The maximum atomic E-state index is 12.9. The number of alkyl halides is 3. The summed E-state index contributed by atoms with van der Waals surface area (Å²) in [6.07, 6.45) is -1.15. The van der Waals surface area contributed by atoms with E-state index in [1.54, 1.807) is 0 Å². The average molecular weight is 314 g/mol. The fourth-order valence-corrected chi connectivity index (χ4v) is 3.09. The Kier molecular flexibility index (Phi) is 4.52. The zero-order valence-corrected chi connectivity index (χ0v) is 12.8. The maximum Gasteiger partial charge on any atom is 0.416 e. The zero-order chi connectivity index (χ0) is 16.5. The summed E-state index contributed by atoms with van der Waals surface area (Å²) in [6, 6.07) is 3.80. The molecule has 0 bridgehead atoms. The molecular weight excluding hydrogens is 293 g/mol. The van der Waals surface area contributed by atoms with E-state index in [2.05, 4.69) is 5.32 Å². The van der Waals surface area contributed by atoms with Crippen LogP contribution in [0.2, 0.25) is 0 Å². The lowest BCUT2D eigenvalue weighted by atomic mass is 9.74. The van der Waals surface area contributed by atoms with E-state index in [0.29, 0.717) is 6.42 Å². The van der Waals surface area contributed by atoms with Gasteiger partial charge in [0.05, 0.1) is 11.5 Å². The van der Waals surface area contributed by atoms with Crippen molar-refractivity contribution in [1.82, 2.24) is 0 Å². The van der Waals surface area contributed by atoms with Crippen LogP contribution in [0.15, 0.2) is 18.2 Å². The van der Waals surface area contributed by atoms with Gasteiger partial charge in [-0.15, -0.1) is 0 Å². The van der Waals surface area contributed by atoms with Gasteiger partial charge in [-0.1, -0.05) is 18.9 Å². The lowest BCUT2D eigenvalue weighted by Gasteiger charge is -2.37. The number of carbonyl (C=O) groups excluding carboxylic acids is 1. The highest BCUT2D eigenvalue weighted by Gasteiger charge is 2.38. The number of nitrogens with two attached hydrogens (primary N) is 1. The van der Waals surface area contributed by atoms with Gasteiger partial charge in [-0.2, -0.15) is 13.2 Å². The standard InChI is InChI=1S/C16H21F3N2O/c1-10-11(16(17,18)19)7-5-8-13(10)21-14(22)12-6-3-4-9-15(12,2)20/h5,7-8,12H,3-4,6,9,20H2,1-2H3,(H,21,22). The van der Waals surface area contributed by atoms with Crippen molar-refractivity contribution in [2.75, 3.05) is 5.32 Å². The summed E-state index contributed by atoms with van der Waals surface area (Å²) < 4.78 is 38.7. The fourth-order valence-electron chi connectivity index (χ4n) is 3.09. The molecule has 0 spiro atoms. The predicted octanol–water partition coefficient (Wildman–Crippen LogP) is 3.86. The third-order valence-electron chi connectivity index (χ3n) is 4.47. The largest absolute Gasteiger partial charge is 0.416 e. The quantitative estimate of drug-likeness (QED) is 0.871. The van der Waals surface area contributed by atoms with Gasteiger partial charge >= 0.3 is 6.18 Å². The third-order valence-corrected chi connectivity index (χ3v) is 4.47. The zero-order valence-electron chi connectivity index (χ0n) is 12.8. The number of nitrogens with one attached hydrogen (secondary N) is 1. The molecule has 1 aliphatic carbocycles. The first-order chi connectivity index (χ1) is 10.1. The molecule has 0 aliphatic heterocycles. The molecule has 6 heteroatoms. The normalized spacial score (nSPS) is 25.8. The lowest BCUT2D eigenvalue weighted by Crippen LogP contribution is -2.51. The second-order valence-electron chi connectivity index (χ2n) is 6.27. The summed E-state index contributed by atoms with van der Waals surface area (Å²) in [7, 11) is 0. The first kappa shape index (κ1) is 16.8. The van der Waals surface area contributed by atoms with Crippen LogP contribution in [0, 0.1) is 12.8 Å². The number of hydrogen-bond donors (Lipinski definition) is 2. The predicted molar refractivity (Wildman–Crippen MR) is 79.4 cm³/mol. The van der Waals surface area contributed by atoms with Crippen molar-refractivity contribution in [2.45, 2.75) is 51.2 Å². The average Bonchev–Trinajstić information content (AvgIpc) is 2.39. The summed E-state index contributed by atoms with van der Waals surface area (Å²) in [4.78, 5) is 12.4. The molecule has 0 saturated heterocycles. The highest BCUT2D eigenvalue weighted by atomic mass is 19.4. The van der Waals surface area contributed by atoms with Crippen LogP contribution in [0.1, 0.15) is 43.7 Å². The van der Waals surface area contributed by atoms with E-state index in [9.17, 15) is 18.0 Å². The van der Waals surface area contributed by atoms with E-state index in [-0.39, 0.29) is 23.1 Å². The molecule has 1 aromatic rings. The fraction of sp³-hybridized carbons (Fsp3) is 0.562. The van der Waals surface area contributed by atoms with E-state index < -0.39 is 17.3 Å². The maximum absolute atomic E-state index is 12.9. The lowest BCUT2D eigenvalue weighted by molar-refractivity contribution is -0.138. The molecule has 22 heavy (non-hydrogen) atoms. The van der Waals surface area contributed by atoms with Gasteiger partial charge in [-0.05, 0) is 44.4 Å². The highest BCUT2D eigenvalue weighted by Crippen LogP contribution is 2.36. The molecule has 1 saturated carbocycles. The summed E-state index contributed by atoms with van der Waals surface area (Å²) >= 11 is 0. The first-order valence-corrected chi connectivity index (χ1v) is 7.39. The molecule has 122 valence electrons. The van der Waals surface area contributed by atoms with Gasteiger partial charge in [0.1, 0.15) is 0 Å². The number of anilines is 1. The van der Waals surface area contributed by atoms with Crippen molar-refractivity contribution >= 4 is 11.6 Å². The van der Waals surface area contributed by atoms with Gasteiger partial charge in [0.25, 0.3) is 0 Å². The minimum Gasteiger partial charge on any atom is -0.326 e. The van der Waals surface area contributed by atoms with Gasteiger partial charge in [-0.3, -0.25) is 4.79 Å². The third kappa shape index (κ3) is 3.43. The van der Waals surface area contributed by atoms with E-state index >= 15 is 0 Å². The smallest absolute Gasteiger partial charge is 0.326 e. The summed E-state index contributed by atoms with van der Waals surface area (Å²) in [5, 5.41) is 2.63. The Morgan fingerprint density at radius 2 is 2.05 bits per heavy atom. The molecule has 2 atom stereocenters. The van der Waals surface area contributed by atoms with Crippen LogP contribution in [-0.4, -0.2) is 11.4 Å². The van der Waals surface area contributed by atoms with Crippen LogP contribution < -0.4 is 11.1 Å². The van der Waals surface area contributed by atoms with Crippen LogP contribution in [0.5, 0.6) is 0 Å². The van der Waals surface area contributed by atoms with Crippen molar-refractivity contribution in [1.29, 1.82) is 0 Å². The molecule has 2 rings (SSSR count). The minimum absolute atomic E-state index is 0.0258. The van der Waals surface area contributed by atoms with E-state index in [1.807, 2.05) is 6.92 Å². The second kappa shape index (κ2) is 5.91. The number of benzene rings is 1. The van der Waals surface area contributed by atoms with Gasteiger partial charge in [0.15, 0.2) is 0 Å². The SMILES string of the molecule is Cc1c(NC(=O)C2CCCCC2(C)N)cccc1C(F)(F)F. The van der Waals surface area contributed by atoms with Crippen LogP contribution >= 0.6 is 0 Å². The van der Waals surface area contributed by atoms with Crippen LogP contribution in [0.25, 0.3) is 0 Å². The Morgan fingerprint density at radius 3 is 2.64 bits per heavy atom. The molecule has 1 amide bonds. The number of hydrogen-bond acceptors (Lipinski definition) is 2. The molecule has 2 unspecified atom stereocenters. The topological polar surface area (TPSA) is 55.1 Å². The van der Waals surface area contributed by atoms with Crippen LogP contribution in [-0.2, 0) is 11.0 Å². The Labute approximate surface area is 128 Å². The molecule has 0 radical (unpaired) electrons. The Balaban J connectivity index is 2.22. The molecule has 1 fully saturated rings. The van der Waals surface area contributed by atoms with Crippen LogP contribution in [0.4, 0.5) is 18.9 Å². The van der Waals surface area contributed by atoms with Crippen LogP contribution in [0.3, 0.4) is 0 Å². The van der Waals surface area contributed by atoms with Gasteiger partial charge < -0.3 is 11.1 Å². The Morgan fingerprint density at radius 1 is 1.36 bits per heavy atom. The molecule has 3 nitrogen and oxygen atoms in total. The number of carbonyl (C=O) groups is 1. The number of amides is 1. The Hall–Kier alpha value is -1.56. The summed E-state index contributed by atoms with van der Waals surface area (Å²) in [5.41, 5.74) is 5.05.